The van der Waals surface area contributed by atoms with E-state index in [0.717, 1.165) is 10.0 Å². The number of carbonyl (C=O) groups excluding carboxylic acids is 1. The molecule has 3 aromatic carbocycles. The minimum absolute atomic E-state index is 0.00899. The van der Waals surface area contributed by atoms with Crippen molar-refractivity contribution in [3.8, 4) is 17.2 Å². The van der Waals surface area contributed by atoms with E-state index >= 15 is 0 Å². The zero-order valence-corrected chi connectivity index (χ0v) is 21.1. The van der Waals surface area contributed by atoms with Gasteiger partial charge in [-0.15, -0.1) is 0 Å². The van der Waals surface area contributed by atoms with Crippen molar-refractivity contribution in [1.29, 1.82) is 0 Å². The second-order valence-corrected chi connectivity index (χ2v) is 9.90. The minimum atomic E-state index is -0.853. The average Bonchev–Trinajstić information content (AvgIpc) is 2.83. The lowest BCUT2D eigenvalue weighted by Crippen LogP contribution is -2.42. The molecule has 2 N–H and O–H groups in total. The topological polar surface area (TPSA) is 105 Å². The Kier molecular flexibility index (Phi) is 7.16. The molecule has 180 valence electrons. The molecule has 4 rings (SSSR count). The largest absolute Gasteiger partial charge is 0.507 e. The fourth-order valence-corrected chi connectivity index (χ4v) is 3.65. The van der Waals surface area contributed by atoms with E-state index in [-0.39, 0.29) is 17.8 Å². The molecule has 3 aromatic rings. The maximum atomic E-state index is 12.6. The van der Waals surface area contributed by atoms with Crippen LogP contribution in [0.4, 0.5) is 11.4 Å². The summed E-state index contributed by atoms with van der Waals surface area (Å²) in [5.41, 5.74) is 5.03. The predicted octanol–water partition coefficient (Wildman–Crippen LogP) is 6.16. The van der Waals surface area contributed by atoms with Crippen LogP contribution in [0.25, 0.3) is 0 Å². The monoisotopic (exact) mass is 536 g/mol. The third kappa shape index (κ3) is 6.24. The summed E-state index contributed by atoms with van der Waals surface area (Å²) in [5.74, 6) is 0.654. The number of aromatic hydroxyl groups is 1. The maximum Gasteiger partial charge on any atom is 0.284 e. The van der Waals surface area contributed by atoms with E-state index in [0.29, 0.717) is 28.4 Å². The molecular formula is C26H25BrN4O4. The first-order valence-corrected chi connectivity index (χ1v) is 11.8. The summed E-state index contributed by atoms with van der Waals surface area (Å²) in [5, 5.41) is 22.5. The molecule has 0 saturated carbocycles. The number of hydrazone groups is 1. The molecule has 1 atom stereocenters. The Morgan fingerprint density at radius 3 is 2.57 bits per heavy atom. The Labute approximate surface area is 211 Å². The molecule has 0 spiro atoms. The quantitative estimate of drug-likeness (QED) is 0.231. The third-order valence-corrected chi connectivity index (χ3v) is 5.73. The predicted molar refractivity (Wildman–Crippen MR) is 137 cm³/mol. The van der Waals surface area contributed by atoms with Crippen LogP contribution < -0.4 is 14.9 Å². The number of hydrogen-bond donors (Lipinski definition) is 2. The third-order valence-electron chi connectivity index (χ3n) is 5.24. The number of nitrogens with one attached hydrogen (secondary N) is 1. The molecule has 0 aromatic heterocycles. The van der Waals surface area contributed by atoms with Crippen molar-refractivity contribution < 1.29 is 19.4 Å². The highest BCUT2D eigenvalue weighted by atomic mass is 79.9. The van der Waals surface area contributed by atoms with E-state index in [9.17, 15) is 9.90 Å². The van der Waals surface area contributed by atoms with Crippen LogP contribution in [0, 0.1) is 0 Å². The number of nitrogens with zero attached hydrogens (tertiary/aromatic N) is 3. The fourth-order valence-electron chi connectivity index (χ4n) is 3.27. The van der Waals surface area contributed by atoms with Gasteiger partial charge in [-0.25, -0.2) is 5.43 Å². The number of rotatable bonds is 5. The van der Waals surface area contributed by atoms with Crippen molar-refractivity contribution in [2.45, 2.75) is 32.3 Å². The zero-order valence-electron chi connectivity index (χ0n) is 19.5. The molecule has 1 aliphatic rings. The van der Waals surface area contributed by atoms with Crippen LogP contribution in [0.15, 0.2) is 80.5 Å². The van der Waals surface area contributed by atoms with Crippen LogP contribution in [0.1, 0.15) is 31.9 Å². The van der Waals surface area contributed by atoms with Crippen LogP contribution in [-0.4, -0.2) is 29.9 Å². The number of halogens is 1. The Bertz CT molecular complexity index is 1300. The Hall–Kier alpha value is -3.72. The zero-order chi connectivity index (χ0) is 25.0. The molecule has 35 heavy (non-hydrogen) atoms. The van der Waals surface area contributed by atoms with E-state index in [4.69, 9.17) is 9.47 Å². The molecule has 0 bridgehead atoms. The molecular weight excluding hydrogens is 512 g/mol. The lowest BCUT2D eigenvalue weighted by atomic mass is 9.87. The standard InChI is InChI=1S/C26H25BrN4O4/c1-26(2,3)17-7-10-22-23(12-17)35-24(15-34-22)25(33)31-28-14-16-11-20(8-9-21(16)32)30-29-19-6-4-5-18(27)13-19/h4-14,24,32H,15H2,1-3H3,(H,31,33)/b28-14+,30-29?/t24-/m1/s1. The molecule has 0 radical (unpaired) electrons. The van der Waals surface area contributed by atoms with Crippen molar-refractivity contribution in [2.75, 3.05) is 6.61 Å². The van der Waals surface area contributed by atoms with Gasteiger partial charge in [0.2, 0.25) is 6.10 Å². The second-order valence-electron chi connectivity index (χ2n) is 8.99. The van der Waals surface area contributed by atoms with Gasteiger partial charge >= 0.3 is 0 Å². The lowest BCUT2D eigenvalue weighted by Gasteiger charge is -2.27. The first-order valence-electron chi connectivity index (χ1n) is 11.0. The van der Waals surface area contributed by atoms with E-state index < -0.39 is 12.0 Å². The number of amides is 1. The number of phenolic OH excluding ortho intramolecular Hbond substituents is 1. The molecule has 0 saturated heterocycles. The molecule has 0 unspecified atom stereocenters. The van der Waals surface area contributed by atoms with E-state index in [1.165, 1.54) is 12.3 Å². The van der Waals surface area contributed by atoms with E-state index in [1.807, 2.05) is 42.5 Å². The van der Waals surface area contributed by atoms with E-state index in [2.05, 4.69) is 57.5 Å². The van der Waals surface area contributed by atoms with Gasteiger partial charge in [0.05, 0.1) is 17.6 Å². The first-order chi connectivity index (χ1) is 16.7. The van der Waals surface area contributed by atoms with Gasteiger partial charge in [0.15, 0.2) is 11.5 Å². The summed E-state index contributed by atoms with van der Waals surface area (Å²) < 4.78 is 12.5. The molecule has 1 heterocycles. The van der Waals surface area contributed by atoms with Gasteiger partial charge in [0.1, 0.15) is 12.4 Å². The molecule has 1 amide bonds. The summed E-state index contributed by atoms with van der Waals surface area (Å²) >= 11 is 3.39. The number of azo groups is 1. The molecule has 1 aliphatic heterocycles. The van der Waals surface area contributed by atoms with Gasteiger partial charge in [0, 0.05) is 10.0 Å². The average molecular weight is 537 g/mol. The second kappa shape index (κ2) is 10.3. The number of ether oxygens (including phenoxy) is 2. The highest BCUT2D eigenvalue weighted by Gasteiger charge is 2.28. The van der Waals surface area contributed by atoms with Crippen LogP contribution in [-0.2, 0) is 10.2 Å². The number of fused-ring (bicyclic) bond motifs is 1. The number of benzene rings is 3. The maximum absolute atomic E-state index is 12.6. The Morgan fingerprint density at radius 1 is 1.06 bits per heavy atom. The summed E-state index contributed by atoms with van der Waals surface area (Å²) in [6.45, 7) is 6.37. The summed E-state index contributed by atoms with van der Waals surface area (Å²) in [6.07, 6.45) is 0.481. The summed E-state index contributed by atoms with van der Waals surface area (Å²) in [7, 11) is 0. The van der Waals surface area contributed by atoms with Gasteiger partial charge in [-0.2, -0.15) is 15.3 Å². The highest BCUT2D eigenvalue weighted by Crippen LogP contribution is 2.36. The van der Waals surface area contributed by atoms with Crippen molar-refractivity contribution in [1.82, 2.24) is 5.43 Å². The van der Waals surface area contributed by atoms with Crippen LogP contribution in [0.2, 0.25) is 0 Å². The molecule has 8 nitrogen and oxygen atoms in total. The minimum Gasteiger partial charge on any atom is -0.507 e. The van der Waals surface area contributed by atoms with Gasteiger partial charge < -0.3 is 14.6 Å². The normalized spacial score (nSPS) is 15.5. The Balaban J connectivity index is 1.40. The van der Waals surface area contributed by atoms with Gasteiger partial charge in [-0.1, -0.05) is 48.8 Å². The van der Waals surface area contributed by atoms with Gasteiger partial charge in [0.25, 0.3) is 5.91 Å². The van der Waals surface area contributed by atoms with Gasteiger partial charge in [-0.3, -0.25) is 4.79 Å². The first kappa shape index (κ1) is 24.4. The van der Waals surface area contributed by atoms with Gasteiger partial charge in [-0.05, 0) is 59.5 Å². The van der Waals surface area contributed by atoms with E-state index in [1.54, 1.807) is 12.1 Å². The van der Waals surface area contributed by atoms with Crippen LogP contribution in [0.5, 0.6) is 17.2 Å². The van der Waals surface area contributed by atoms with Crippen molar-refractivity contribution in [3.05, 3.63) is 76.3 Å². The molecule has 9 heteroatoms. The molecule has 0 fully saturated rings. The summed E-state index contributed by atoms with van der Waals surface area (Å²) in [4.78, 5) is 12.6. The Morgan fingerprint density at radius 2 is 1.83 bits per heavy atom. The summed E-state index contributed by atoms with van der Waals surface area (Å²) in [6, 6.07) is 17.9. The van der Waals surface area contributed by atoms with Crippen LogP contribution >= 0.6 is 15.9 Å². The number of carbonyl (C=O) groups is 1. The number of phenols is 1. The smallest absolute Gasteiger partial charge is 0.284 e. The van der Waals surface area contributed by atoms with Crippen molar-refractivity contribution in [2.24, 2.45) is 15.3 Å². The molecule has 0 aliphatic carbocycles. The SMILES string of the molecule is CC(C)(C)c1ccc2c(c1)O[C@@H](C(=O)N/N=C/c1cc(N=Nc3cccc(Br)c3)ccc1O)CO2. The lowest BCUT2D eigenvalue weighted by molar-refractivity contribution is -0.130. The van der Waals surface area contributed by atoms with Crippen LogP contribution in [0.3, 0.4) is 0 Å². The fraction of sp³-hybridized carbons (Fsp3) is 0.231. The highest BCUT2D eigenvalue weighted by molar-refractivity contribution is 9.10. The van der Waals surface area contributed by atoms with Crippen molar-refractivity contribution >= 4 is 39.4 Å². The van der Waals surface area contributed by atoms with Crippen molar-refractivity contribution in [3.63, 3.8) is 0 Å². The number of hydrogen-bond acceptors (Lipinski definition) is 7.